The molecular formula is C14H21N3O. The average Bonchev–Trinajstić information content (AvgIpc) is 2.73. The van der Waals surface area contributed by atoms with Gasteiger partial charge in [0.2, 0.25) is 5.91 Å². The predicted molar refractivity (Wildman–Crippen MR) is 74.8 cm³/mol. The number of nitrogens with one attached hydrogen (secondary N) is 1. The normalized spacial score (nSPS) is 16.2. The molecule has 4 nitrogen and oxygen atoms in total. The fourth-order valence-electron chi connectivity index (χ4n) is 2.01. The Morgan fingerprint density at radius 2 is 2.00 bits per heavy atom. The van der Waals surface area contributed by atoms with Crippen LogP contribution in [-0.4, -0.2) is 24.5 Å². The van der Waals surface area contributed by atoms with Crippen molar-refractivity contribution in [1.82, 2.24) is 0 Å². The molecule has 0 radical (unpaired) electrons. The molecule has 3 N–H and O–H groups in total. The van der Waals surface area contributed by atoms with Crippen molar-refractivity contribution in [3.05, 3.63) is 24.3 Å². The number of carbonyl (C=O) groups is 1. The van der Waals surface area contributed by atoms with Gasteiger partial charge in [-0.1, -0.05) is 0 Å². The van der Waals surface area contributed by atoms with E-state index < -0.39 is 0 Å². The maximum atomic E-state index is 11.6. The highest BCUT2D eigenvalue weighted by atomic mass is 16.2. The van der Waals surface area contributed by atoms with Gasteiger partial charge in [0.1, 0.15) is 0 Å². The van der Waals surface area contributed by atoms with Gasteiger partial charge in [-0.2, -0.15) is 0 Å². The van der Waals surface area contributed by atoms with Gasteiger partial charge in [0.15, 0.2) is 0 Å². The van der Waals surface area contributed by atoms with Crippen molar-refractivity contribution < 1.29 is 4.79 Å². The molecule has 0 aliphatic carbocycles. The zero-order valence-electron chi connectivity index (χ0n) is 11.1. The second-order valence-electron chi connectivity index (χ2n) is 5.54. The molecule has 1 aromatic carbocycles. The fourth-order valence-corrected chi connectivity index (χ4v) is 2.01. The van der Waals surface area contributed by atoms with E-state index in [2.05, 4.69) is 5.32 Å². The zero-order valence-corrected chi connectivity index (χ0v) is 11.1. The van der Waals surface area contributed by atoms with Gasteiger partial charge in [0, 0.05) is 36.4 Å². The Hall–Kier alpha value is -1.55. The van der Waals surface area contributed by atoms with E-state index in [0.717, 1.165) is 30.9 Å². The van der Waals surface area contributed by atoms with Crippen LogP contribution in [0.15, 0.2) is 24.3 Å². The SMILES string of the molecule is CC(C)(N)CNc1ccc(N2CCCC2=O)cc1. The minimum Gasteiger partial charge on any atom is -0.383 e. The van der Waals surface area contributed by atoms with Crippen LogP contribution < -0.4 is 16.0 Å². The Morgan fingerprint density at radius 3 is 2.50 bits per heavy atom. The molecule has 0 unspecified atom stereocenters. The summed E-state index contributed by atoms with van der Waals surface area (Å²) in [6, 6.07) is 7.95. The van der Waals surface area contributed by atoms with Crippen molar-refractivity contribution >= 4 is 17.3 Å². The van der Waals surface area contributed by atoms with E-state index in [1.165, 1.54) is 0 Å². The van der Waals surface area contributed by atoms with Gasteiger partial charge < -0.3 is 16.0 Å². The molecule has 1 aliphatic rings. The molecule has 1 fully saturated rings. The largest absolute Gasteiger partial charge is 0.383 e. The molecule has 1 heterocycles. The number of amides is 1. The van der Waals surface area contributed by atoms with Crippen LogP contribution in [0.3, 0.4) is 0 Å². The number of carbonyl (C=O) groups excluding carboxylic acids is 1. The summed E-state index contributed by atoms with van der Waals surface area (Å²) in [5, 5.41) is 3.29. The summed E-state index contributed by atoms with van der Waals surface area (Å²) in [5.74, 6) is 0.221. The van der Waals surface area contributed by atoms with Crippen LogP contribution in [0.25, 0.3) is 0 Å². The topological polar surface area (TPSA) is 58.4 Å². The third-order valence-electron chi connectivity index (χ3n) is 3.00. The van der Waals surface area contributed by atoms with Crippen molar-refractivity contribution in [2.45, 2.75) is 32.2 Å². The monoisotopic (exact) mass is 247 g/mol. The molecule has 2 rings (SSSR count). The lowest BCUT2D eigenvalue weighted by molar-refractivity contribution is -0.117. The molecule has 98 valence electrons. The fraction of sp³-hybridized carbons (Fsp3) is 0.500. The Labute approximate surface area is 108 Å². The third-order valence-corrected chi connectivity index (χ3v) is 3.00. The van der Waals surface area contributed by atoms with Gasteiger partial charge in [-0.3, -0.25) is 4.79 Å². The molecule has 1 aromatic rings. The molecule has 18 heavy (non-hydrogen) atoms. The summed E-state index contributed by atoms with van der Waals surface area (Å²) < 4.78 is 0. The van der Waals surface area contributed by atoms with E-state index in [-0.39, 0.29) is 11.4 Å². The molecule has 1 saturated heterocycles. The molecular weight excluding hydrogens is 226 g/mol. The second kappa shape index (κ2) is 4.98. The first-order valence-corrected chi connectivity index (χ1v) is 6.39. The van der Waals surface area contributed by atoms with Gasteiger partial charge in [-0.05, 0) is 44.5 Å². The quantitative estimate of drug-likeness (QED) is 0.855. The minimum absolute atomic E-state index is 0.221. The Balaban J connectivity index is 1.99. The highest BCUT2D eigenvalue weighted by molar-refractivity contribution is 5.95. The third kappa shape index (κ3) is 3.23. The number of nitrogens with two attached hydrogens (primary N) is 1. The van der Waals surface area contributed by atoms with Crippen molar-refractivity contribution in [2.24, 2.45) is 5.73 Å². The van der Waals surface area contributed by atoms with Gasteiger partial charge in [-0.25, -0.2) is 0 Å². The summed E-state index contributed by atoms with van der Waals surface area (Å²) in [6.45, 7) is 5.52. The molecule has 0 aromatic heterocycles. The van der Waals surface area contributed by atoms with Crippen LogP contribution in [0.5, 0.6) is 0 Å². The molecule has 0 saturated carbocycles. The molecule has 0 spiro atoms. The summed E-state index contributed by atoms with van der Waals surface area (Å²) >= 11 is 0. The predicted octanol–water partition coefficient (Wildman–Crippen LogP) is 1.96. The number of anilines is 2. The first kappa shape index (κ1) is 12.9. The second-order valence-corrected chi connectivity index (χ2v) is 5.54. The number of rotatable bonds is 4. The summed E-state index contributed by atoms with van der Waals surface area (Å²) in [6.07, 6.45) is 1.63. The Morgan fingerprint density at radius 1 is 1.33 bits per heavy atom. The Bertz CT molecular complexity index is 420. The van der Waals surface area contributed by atoms with E-state index >= 15 is 0 Å². The lowest BCUT2D eigenvalue weighted by Gasteiger charge is -2.20. The van der Waals surface area contributed by atoms with E-state index in [1.54, 1.807) is 0 Å². The number of nitrogens with zero attached hydrogens (tertiary/aromatic N) is 1. The van der Waals surface area contributed by atoms with Crippen molar-refractivity contribution in [2.75, 3.05) is 23.3 Å². The molecule has 1 amide bonds. The smallest absolute Gasteiger partial charge is 0.227 e. The van der Waals surface area contributed by atoms with Gasteiger partial charge in [0.25, 0.3) is 0 Å². The summed E-state index contributed by atoms with van der Waals surface area (Å²) in [5.41, 5.74) is 7.70. The van der Waals surface area contributed by atoms with E-state index in [1.807, 2.05) is 43.0 Å². The maximum absolute atomic E-state index is 11.6. The van der Waals surface area contributed by atoms with Gasteiger partial charge in [-0.15, -0.1) is 0 Å². The first-order valence-electron chi connectivity index (χ1n) is 6.39. The van der Waals surface area contributed by atoms with Crippen LogP contribution in [0.1, 0.15) is 26.7 Å². The molecule has 0 atom stereocenters. The van der Waals surface area contributed by atoms with E-state index in [0.29, 0.717) is 6.42 Å². The average molecular weight is 247 g/mol. The number of hydrogen-bond donors (Lipinski definition) is 2. The van der Waals surface area contributed by atoms with Crippen LogP contribution in [0.2, 0.25) is 0 Å². The van der Waals surface area contributed by atoms with Crippen LogP contribution in [-0.2, 0) is 4.79 Å². The van der Waals surface area contributed by atoms with Crippen molar-refractivity contribution in [3.8, 4) is 0 Å². The lowest BCUT2D eigenvalue weighted by Crippen LogP contribution is -2.39. The molecule has 1 aliphatic heterocycles. The van der Waals surface area contributed by atoms with Crippen LogP contribution in [0, 0.1) is 0 Å². The summed E-state index contributed by atoms with van der Waals surface area (Å²) in [7, 11) is 0. The molecule has 0 bridgehead atoms. The van der Waals surface area contributed by atoms with E-state index in [4.69, 9.17) is 5.73 Å². The maximum Gasteiger partial charge on any atom is 0.227 e. The first-order chi connectivity index (χ1) is 8.46. The highest BCUT2D eigenvalue weighted by Gasteiger charge is 2.21. The standard InChI is InChI=1S/C14H21N3O/c1-14(2,15)10-16-11-5-7-12(8-6-11)17-9-3-4-13(17)18/h5-8,16H,3-4,9-10,15H2,1-2H3. The van der Waals surface area contributed by atoms with Gasteiger partial charge >= 0.3 is 0 Å². The molecule has 4 heteroatoms. The zero-order chi connectivity index (χ0) is 13.2. The Kier molecular flexibility index (Phi) is 3.57. The van der Waals surface area contributed by atoms with Crippen LogP contribution >= 0.6 is 0 Å². The highest BCUT2D eigenvalue weighted by Crippen LogP contribution is 2.23. The minimum atomic E-state index is -0.233. The lowest BCUT2D eigenvalue weighted by atomic mass is 10.1. The summed E-state index contributed by atoms with van der Waals surface area (Å²) in [4.78, 5) is 13.5. The van der Waals surface area contributed by atoms with E-state index in [9.17, 15) is 4.79 Å². The van der Waals surface area contributed by atoms with Crippen molar-refractivity contribution in [3.63, 3.8) is 0 Å². The van der Waals surface area contributed by atoms with Crippen LogP contribution in [0.4, 0.5) is 11.4 Å². The number of benzene rings is 1. The number of hydrogen-bond acceptors (Lipinski definition) is 3. The van der Waals surface area contributed by atoms with Crippen molar-refractivity contribution in [1.29, 1.82) is 0 Å². The van der Waals surface area contributed by atoms with Gasteiger partial charge in [0.05, 0.1) is 0 Å².